The lowest BCUT2D eigenvalue weighted by Crippen LogP contribution is -2.41. The average Bonchev–Trinajstić information content (AvgIpc) is 2.70. The summed E-state index contributed by atoms with van der Waals surface area (Å²) < 4.78 is 156. The third-order valence-electron chi connectivity index (χ3n) is 5.64. The molecule has 0 spiro atoms. The van der Waals surface area contributed by atoms with Crippen molar-refractivity contribution >= 4 is 33.0 Å². The van der Waals surface area contributed by atoms with E-state index in [1.165, 1.54) is 0 Å². The maximum atomic E-state index is 13.5. The Labute approximate surface area is 209 Å². The standard InChI is InChI=1S/C20H30Cl2F10O2S/c21-13-5-1-3-7-15(9-11-17(23,24)19(27,28)29)35(33,34)16(8-4-2-6-14-22)10-12-18(25,26)20(30,31)32/h15-16H,1-14H2. The van der Waals surface area contributed by atoms with Crippen molar-refractivity contribution in [3.8, 4) is 0 Å². The van der Waals surface area contributed by atoms with Gasteiger partial charge in [-0.15, -0.1) is 23.2 Å². The highest BCUT2D eigenvalue weighted by Gasteiger charge is 2.58. The minimum atomic E-state index is -5.92. The lowest BCUT2D eigenvalue weighted by molar-refractivity contribution is -0.284. The summed E-state index contributed by atoms with van der Waals surface area (Å²) in [6.07, 6.45) is -16.8. The van der Waals surface area contributed by atoms with E-state index in [-0.39, 0.29) is 37.4 Å². The van der Waals surface area contributed by atoms with Crippen molar-refractivity contribution in [3.05, 3.63) is 0 Å². The van der Waals surface area contributed by atoms with Crippen LogP contribution in [0.1, 0.15) is 77.0 Å². The summed E-state index contributed by atoms with van der Waals surface area (Å²) in [5.74, 6) is -9.98. The van der Waals surface area contributed by atoms with Crippen LogP contribution in [0.5, 0.6) is 0 Å². The predicted octanol–water partition coefficient (Wildman–Crippen LogP) is 8.69. The van der Waals surface area contributed by atoms with E-state index < -0.39 is 70.2 Å². The lowest BCUT2D eigenvalue weighted by Gasteiger charge is -2.28. The molecular weight excluding hydrogens is 565 g/mol. The maximum absolute atomic E-state index is 13.5. The minimum Gasteiger partial charge on any atom is -0.228 e. The molecule has 0 aromatic heterocycles. The topological polar surface area (TPSA) is 34.1 Å². The number of alkyl halides is 12. The minimum absolute atomic E-state index is 0.0892. The first kappa shape index (κ1) is 34.8. The number of unbranched alkanes of at least 4 members (excludes halogenated alkanes) is 4. The summed E-state index contributed by atoms with van der Waals surface area (Å²) in [7, 11) is -4.64. The Hall–Kier alpha value is -0.170. The monoisotopic (exact) mass is 594 g/mol. The molecular formula is C20H30Cl2F10O2S. The zero-order valence-corrected chi connectivity index (χ0v) is 21.1. The molecule has 2 nitrogen and oxygen atoms in total. The van der Waals surface area contributed by atoms with Crippen molar-refractivity contribution < 1.29 is 52.3 Å². The highest BCUT2D eigenvalue weighted by molar-refractivity contribution is 7.92. The summed E-state index contributed by atoms with van der Waals surface area (Å²) in [6, 6.07) is 0. The number of halogens is 12. The zero-order valence-electron chi connectivity index (χ0n) is 18.8. The molecule has 0 saturated carbocycles. The van der Waals surface area contributed by atoms with Crippen LogP contribution in [0, 0.1) is 0 Å². The Bertz CT molecular complexity index is 645. The molecule has 212 valence electrons. The summed E-state index contributed by atoms with van der Waals surface area (Å²) >= 11 is 11.0. The van der Waals surface area contributed by atoms with E-state index in [1.54, 1.807) is 0 Å². The molecule has 0 heterocycles. The molecule has 0 aliphatic rings. The fraction of sp³-hybridized carbons (Fsp3) is 1.00. The molecule has 0 saturated heterocycles. The van der Waals surface area contributed by atoms with Gasteiger partial charge in [-0.3, -0.25) is 0 Å². The second-order valence-electron chi connectivity index (χ2n) is 8.39. The number of rotatable bonds is 18. The molecule has 0 aromatic rings. The highest BCUT2D eigenvalue weighted by atomic mass is 35.5. The van der Waals surface area contributed by atoms with Crippen molar-refractivity contribution in [1.82, 2.24) is 0 Å². The molecule has 0 aliphatic heterocycles. The third-order valence-corrected chi connectivity index (χ3v) is 8.97. The van der Waals surface area contributed by atoms with Crippen LogP contribution in [-0.2, 0) is 9.84 Å². The van der Waals surface area contributed by atoms with Crippen molar-refractivity contribution in [2.75, 3.05) is 11.8 Å². The molecule has 0 amide bonds. The molecule has 2 atom stereocenters. The fourth-order valence-corrected chi connectivity index (χ4v) is 6.28. The lowest BCUT2D eigenvalue weighted by atomic mass is 10.0. The van der Waals surface area contributed by atoms with Gasteiger partial charge in [-0.2, -0.15) is 43.9 Å². The molecule has 0 N–H and O–H groups in total. The second kappa shape index (κ2) is 14.7. The van der Waals surface area contributed by atoms with Crippen molar-refractivity contribution in [2.24, 2.45) is 0 Å². The van der Waals surface area contributed by atoms with Crippen LogP contribution < -0.4 is 0 Å². The molecule has 0 bridgehead atoms. The molecule has 0 fully saturated rings. The first-order valence-electron chi connectivity index (χ1n) is 11.1. The van der Waals surface area contributed by atoms with E-state index in [4.69, 9.17) is 23.2 Å². The number of hydrogen-bond acceptors (Lipinski definition) is 2. The number of hydrogen-bond donors (Lipinski definition) is 0. The van der Waals surface area contributed by atoms with Gasteiger partial charge in [-0.05, 0) is 38.5 Å². The molecule has 2 unspecified atom stereocenters. The third kappa shape index (κ3) is 11.8. The van der Waals surface area contributed by atoms with Gasteiger partial charge in [0.2, 0.25) is 0 Å². The van der Waals surface area contributed by atoms with E-state index in [2.05, 4.69) is 0 Å². The zero-order chi connectivity index (χ0) is 27.6. The highest BCUT2D eigenvalue weighted by Crippen LogP contribution is 2.42. The SMILES string of the molecule is O=S(=O)(C(CCCCCCl)CCC(F)(F)C(F)(F)F)C(CCCCCCl)CCC(F)(F)C(F)(F)F. The van der Waals surface area contributed by atoms with Gasteiger partial charge in [-0.1, -0.05) is 25.7 Å². The Morgan fingerprint density at radius 2 is 0.829 bits per heavy atom. The Morgan fingerprint density at radius 3 is 1.09 bits per heavy atom. The van der Waals surface area contributed by atoms with Gasteiger partial charge in [0, 0.05) is 24.6 Å². The van der Waals surface area contributed by atoms with Crippen LogP contribution in [0.2, 0.25) is 0 Å². The predicted molar refractivity (Wildman–Crippen MR) is 115 cm³/mol. The van der Waals surface area contributed by atoms with E-state index >= 15 is 0 Å². The summed E-state index contributed by atoms with van der Waals surface area (Å²) in [5.41, 5.74) is 0. The summed E-state index contributed by atoms with van der Waals surface area (Å²) in [5, 5.41) is -3.52. The van der Waals surface area contributed by atoms with Gasteiger partial charge < -0.3 is 0 Å². The van der Waals surface area contributed by atoms with Gasteiger partial charge in [-0.25, -0.2) is 8.42 Å². The van der Waals surface area contributed by atoms with Crippen molar-refractivity contribution in [1.29, 1.82) is 0 Å². The summed E-state index contributed by atoms with van der Waals surface area (Å²) in [4.78, 5) is 0. The number of sulfone groups is 1. The molecule has 0 rings (SSSR count). The largest absolute Gasteiger partial charge is 0.453 e. The van der Waals surface area contributed by atoms with Crippen LogP contribution in [0.15, 0.2) is 0 Å². The van der Waals surface area contributed by atoms with Crippen LogP contribution in [0.25, 0.3) is 0 Å². The molecule has 35 heavy (non-hydrogen) atoms. The molecule has 0 radical (unpaired) electrons. The van der Waals surface area contributed by atoms with Gasteiger partial charge in [0.15, 0.2) is 9.84 Å². The Morgan fingerprint density at radius 1 is 0.514 bits per heavy atom. The normalized spacial score (nSPS) is 15.9. The van der Waals surface area contributed by atoms with E-state index in [0.717, 1.165) is 0 Å². The van der Waals surface area contributed by atoms with E-state index in [9.17, 15) is 52.3 Å². The molecule has 0 aromatic carbocycles. The van der Waals surface area contributed by atoms with Crippen LogP contribution in [-0.4, -0.2) is 54.9 Å². The first-order chi connectivity index (χ1) is 15.8. The summed E-state index contributed by atoms with van der Waals surface area (Å²) in [6.45, 7) is 0. The van der Waals surface area contributed by atoms with Gasteiger partial charge in [0.05, 0.1) is 10.5 Å². The molecule has 0 aliphatic carbocycles. The first-order valence-corrected chi connectivity index (χ1v) is 13.7. The van der Waals surface area contributed by atoms with E-state index in [0.29, 0.717) is 25.7 Å². The van der Waals surface area contributed by atoms with Gasteiger partial charge in [0.25, 0.3) is 0 Å². The second-order valence-corrected chi connectivity index (χ2v) is 11.7. The smallest absolute Gasteiger partial charge is 0.228 e. The van der Waals surface area contributed by atoms with Crippen molar-refractivity contribution in [3.63, 3.8) is 0 Å². The fourth-order valence-electron chi connectivity index (χ4n) is 3.47. The van der Waals surface area contributed by atoms with Gasteiger partial charge in [0.1, 0.15) is 0 Å². The van der Waals surface area contributed by atoms with Crippen LogP contribution >= 0.6 is 23.2 Å². The van der Waals surface area contributed by atoms with E-state index in [1.807, 2.05) is 0 Å². The van der Waals surface area contributed by atoms with Gasteiger partial charge >= 0.3 is 24.2 Å². The van der Waals surface area contributed by atoms with Crippen LogP contribution in [0.4, 0.5) is 43.9 Å². The Balaban J connectivity index is 5.85. The maximum Gasteiger partial charge on any atom is 0.453 e. The average molecular weight is 595 g/mol. The quantitative estimate of drug-likeness (QED) is 0.0903. The van der Waals surface area contributed by atoms with Crippen LogP contribution in [0.3, 0.4) is 0 Å². The van der Waals surface area contributed by atoms with Crippen molar-refractivity contribution in [2.45, 2.75) is 112 Å². The molecule has 15 heteroatoms. The Kier molecular flexibility index (Phi) is 14.6.